The molecule has 1 aromatic rings. The Morgan fingerprint density at radius 3 is 2.75 bits per heavy atom. The lowest BCUT2D eigenvalue weighted by Gasteiger charge is -2.17. The van der Waals surface area contributed by atoms with E-state index >= 15 is 0 Å². The summed E-state index contributed by atoms with van der Waals surface area (Å²) < 4.78 is 20.4. The summed E-state index contributed by atoms with van der Waals surface area (Å²) in [4.78, 5) is 4.09. The van der Waals surface area contributed by atoms with E-state index in [4.69, 9.17) is 4.74 Å². The van der Waals surface area contributed by atoms with Gasteiger partial charge in [0.05, 0.1) is 7.11 Å². The van der Waals surface area contributed by atoms with E-state index in [1.807, 2.05) is 20.8 Å². The lowest BCUT2D eigenvalue weighted by atomic mass is 10.3. The molecule has 0 bridgehead atoms. The average Bonchev–Trinajstić information content (AvgIpc) is 2.24. The van der Waals surface area contributed by atoms with Crippen molar-refractivity contribution in [3.8, 4) is 5.75 Å². The first-order chi connectivity index (χ1) is 7.45. The van der Waals surface area contributed by atoms with E-state index in [2.05, 4.69) is 9.38 Å². The zero-order valence-electron chi connectivity index (χ0n) is 9.93. The number of hydrogen-bond donors (Lipinski definition) is 0. The van der Waals surface area contributed by atoms with Crippen LogP contribution in [0.25, 0.3) is 0 Å². The molecule has 0 aliphatic rings. The molecule has 0 aliphatic heterocycles. The maximum atomic E-state index is 11.7. The van der Waals surface area contributed by atoms with Crippen LogP contribution in [0.2, 0.25) is 0 Å². The maximum absolute atomic E-state index is 11.7. The molecule has 1 aromatic heterocycles. The number of ether oxygens (including phenoxy) is 1. The normalized spacial score (nSPS) is 14.1. The topological polar surface area (TPSA) is 57.5 Å². The van der Waals surface area contributed by atoms with Crippen molar-refractivity contribution in [2.45, 2.75) is 25.5 Å². The fourth-order valence-electron chi connectivity index (χ4n) is 0.928. The number of methoxy groups -OCH3 is 1. The Morgan fingerprint density at radius 2 is 2.19 bits per heavy atom. The third kappa shape index (κ3) is 3.50. The minimum absolute atomic E-state index is 0.363. The lowest BCUT2D eigenvalue weighted by molar-refractivity contribution is 0.412. The van der Waals surface area contributed by atoms with E-state index in [0.717, 1.165) is 0 Å². The van der Waals surface area contributed by atoms with Gasteiger partial charge in [0.2, 0.25) is 0 Å². The molecule has 1 atom stereocenters. The van der Waals surface area contributed by atoms with Gasteiger partial charge in [-0.1, -0.05) is 4.40 Å². The summed E-state index contributed by atoms with van der Waals surface area (Å²) in [5, 5.41) is 0. The van der Waals surface area contributed by atoms with Gasteiger partial charge in [-0.2, -0.15) is 0 Å². The van der Waals surface area contributed by atoms with Crippen LogP contribution in [0.5, 0.6) is 5.75 Å². The second-order valence-electron chi connectivity index (χ2n) is 4.19. The molecule has 0 amide bonds. The van der Waals surface area contributed by atoms with Crippen molar-refractivity contribution in [2.24, 2.45) is 4.40 Å². The monoisotopic (exact) mass is 240 g/mol. The molecule has 0 aliphatic carbocycles. The largest absolute Gasteiger partial charge is 0.591 e. The molecular formula is C11H16N2O2S. The fourth-order valence-corrected chi connectivity index (χ4v) is 1.44. The Hall–Kier alpha value is -1.07. The Bertz CT molecular complexity index is 374. The summed E-state index contributed by atoms with van der Waals surface area (Å²) >= 11 is -1.27. The molecule has 0 N–H and O–H groups in total. The highest BCUT2D eigenvalue weighted by molar-refractivity contribution is 7.91. The van der Waals surface area contributed by atoms with Crippen molar-refractivity contribution < 1.29 is 9.29 Å². The molecule has 0 unspecified atom stereocenters. The van der Waals surface area contributed by atoms with Crippen molar-refractivity contribution in [1.29, 1.82) is 0 Å². The molecule has 16 heavy (non-hydrogen) atoms. The van der Waals surface area contributed by atoms with E-state index in [1.165, 1.54) is 6.21 Å². The van der Waals surface area contributed by atoms with Gasteiger partial charge in [0.15, 0.2) is 0 Å². The van der Waals surface area contributed by atoms with Crippen LogP contribution >= 0.6 is 0 Å². The van der Waals surface area contributed by atoms with Crippen molar-refractivity contribution in [3.05, 3.63) is 24.0 Å². The molecule has 0 aromatic carbocycles. The first kappa shape index (κ1) is 13.0. The van der Waals surface area contributed by atoms with Crippen molar-refractivity contribution in [1.82, 2.24) is 4.98 Å². The highest BCUT2D eigenvalue weighted by atomic mass is 32.2. The smallest absolute Gasteiger partial charge is 0.146 e. The van der Waals surface area contributed by atoms with Gasteiger partial charge in [0.25, 0.3) is 0 Å². The molecule has 1 heterocycles. The predicted molar refractivity (Wildman–Crippen MR) is 66.3 cm³/mol. The molecule has 1 rings (SSSR count). The van der Waals surface area contributed by atoms with E-state index in [9.17, 15) is 4.55 Å². The van der Waals surface area contributed by atoms with Crippen molar-refractivity contribution in [2.75, 3.05) is 7.11 Å². The molecule has 5 heteroatoms. The van der Waals surface area contributed by atoms with Gasteiger partial charge in [-0.25, -0.2) is 0 Å². The molecule has 0 saturated heterocycles. The Morgan fingerprint density at radius 1 is 1.50 bits per heavy atom. The lowest BCUT2D eigenvalue weighted by Crippen LogP contribution is -2.25. The third-order valence-corrected chi connectivity index (χ3v) is 3.16. The molecule has 0 saturated carbocycles. The molecule has 0 fully saturated rings. The van der Waals surface area contributed by atoms with E-state index in [1.54, 1.807) is 25.4 Å². The first-order valence-corrected chi connectivity index (χ1v) is 6.01. The second kappa shape index (κ2) is 5.32. The van der Waals surface area contributed by atoms with E-state index in [0.29, 0.717) is 11.4 Å². The minimum atomic E-state index is -1.27. The van der Waals surface area contributed by atoms with E-state index in [-0.39, 0.29) is 4.75 Å². The van der Waals surface area contributed by atoms with Crippen LogP contribution in [0, 0.1) is 0 Å². The van der Waals surface area contributed by atoms with Gasteiger partial charge >= 0.3 is 0 Å². The van der Waals surface area contributed by atoms with Gasteiger partial charge in [-0.15, -0.1) is 0 Å². The predicted octanol–water partition coefficient (Wildman–Crippen LogP) is 1.97. The molecule has 88 valence electrons. The number of aromatic nitrogens is 1. The summed E-state index contributed by atoms with van der Waals surface area (Å²) in [6, 6.07) is 3.56. The summed E-state index contributed by atoms with van der Waals surface area (Å²) in [5.74, 6) is 0.622. The quantitative estimate of drug-likeness (QED) is 0.599. The van der Waals surface area contributed by atoms with Crippen molar-refractivity contribution in [3.63, 3.8) is 0 Å². The van der Waals surface area contributed by atoms with E-state index < -0.39 is 11.4 Å². The summed E-state index contributed by atoms with van der Waals surface area (Å²) in [5.41, 5.74) is 0.586. The third-order valence-electron chi connectivity index (χ3n) is 1.81. The summed E-state index contributed by atoms with van der Waals surface area (Å²) in [6.07, 6.45) is 3.13. The van der Waals surface area contributed by atoms with Crippen LogP contribution in [0.1, 0.15) is 26.5 Å². The van der Waals surface area contributed by atoms with Gasteiger partial charge in [-0.3, -0.25) is 4.98 Å². The Balaban J connectivity index is 2.84. The number of hydrogen-bond acceptors (Lipinski definition) is 4. The number of pyridine rings is 1. The van der Waals surface area contributed by atoms with Crippen LogP contribution in [-0.2, 0) is 11.4 Å². The van der Waals surface area contributed by atoms with Crippen LogP contribution in [0.3, 0.4) is 0 Å². The van der Waals surface area contributed by atoms with Crippen LogP contribution in [-0.4, -0.2) is 27.6 Å². The number of nitrogens with zero attached hydrogens (tertiary/aromatic N) is 2. The zero-order valence-corrected chi connectivity index (χ0v) is 10.7. The Labute approximate surface area is 99.1 Å². The van der Waals surface area contributed by atoms with Crippen LogP contribution < -0.4 is 4.74 Å². The highest BCUT2D eigenvalue weighted by Crippen LogP contribution is 2.18. The molecular weight excluding hydrogens is 224 g/mol. The summed E-state index contributed by atoms with van der Waals surface area (Å²) in [7, 11) is 1.56. The van der Waals surface area contributed by atoms with Crippen LogP contribution in [0.15, 0.2) is 22.7 Å². The molecule has 0 spiro atoms. The second-order valence-corrected chi connectivity index (χ2v) is 6.12. The molecule has 0 radical (unpaired) electrons. The average molecular weight is 240 g/mol. The SMILES string of the molecule is COc1cccnc1/C=N/[S@@+]([O-])C(C)(C)C. The standard InChI is InChI=1S/C11H16N2O2S/c1-11(2,3)16(14)13-8-9-10(15-4)6-5-7-12-9/h5-8H,1-4H3/b13-8+/t16-/m0/s1. The van der Waals surface area contributed by atoms with Gasteiger partial charge < -0.3 is 9.29 Å². The fraction of sp³-hybridized carbons (Fsp3) is 0.455. The summed E-state index contributed by atoms with van der Waals surface area (Å²) in [6.45, 7) is 5.61. The minimum Gasteiger partial charge on any atom is -0.591 e. The zero-order chi connectivity index (χ0) is 12.2. The van der Waals surface area contributed by atoms with Gasteiger partial charge in [0, 0.05) is 6.20 Å². The highest BCUT2D eigenvalue weighted by Gasteiger charge is 2.25. The maximum Gasteiger partial charge on any atom is 0.146 e. The van der Waals surface area contributed by atoms with Gasteiger partial charge in [0.1, 0.15) is 33.8 Å². The van der Waals surface area contributed by atoms with Crippen molar-refractivity contribution >= 4 is 17.6 Å². The Kier molecular flexibility index (Phi) is 4.32. The molecule has 4 nitrogen and oxygen atoms in total. The van der Waals surface area contributed by atoms with Gasteiger partial charge in [-0.05, 0) is 32.9 Å². The first-order valence-electron chi connectivity index (χ1n) is 4.90. The number of rotatable bonds is 3. The van der Waals surface area contributed by atoms with Crippen LogP contribution in [0.4, 0.5) is 0 Å².